The lowest BCUT2D eigenvalue weighted by Gasteiger charge is -2.01. The van der Waals surface area contributed by atoms with Crippen LogP contribution in [0.25, 0.3) is 11.0 Å². The Balaban J connectivity index is 0.000000980. The molecule has 14 heavy (non-hydrogen) atoms. The van der Waals surface area contributed by atoms with Crippen LogP contribution in [0.15, 0.2) is 33.4 Å². The van der Waals surface area contributed by atoms with E-state index in [2.05, 4.69) is 33.4 Å². The fourth-order valence-corrected chi connectivity index (χ4v) is 1.96. The van der Waals surface area contributed by atoms with Gasteiger partial charge in [0.05, 0.1) is 6.26 Å². The van der Waals surface area contributed by atoms with Gasteiger partial charge in [-0.25, -0.2) is 0 Å². The van der Waals surface area contributed by atoms with Gasteiger partial charge in [0.1, 0.15) is 5.58 Å². The molecule has 2 nitrogen and oxygen atoms in total. The summed E-state index contributed by atoms with van der Waals surface area (Å²) >= 11 is 3.47. The maximum Gasteiger partial charge on any atom is 0.138 e. The number of furan rings is 1. The van der Waals surface area contributed by atoms with Crippen molar-refractivity contribution in [1.29, 1.82) is 0 Å². The molecular weight excluding hydrogens is 265 g/mol. The van der Waals surface area contributed by atoms with E-state index in [0.29, 0.717) is 0 Å². The molecule has 2 aromatic rings. The van der Waals surface area contributed by atoms with E-state index in [1.807, 2.05) is 13.1 Å². The molecule has 0 aliphatic rings. The summed E-state index contributed by atoms with van der Waals surface area (Å²) in [4.78, 5) is 0. The van der Waals surface area contributed by atoms with Gasteiger partial charge in [-0.3, -0.25) is 0 Å². The van der Waals surface area contributed by atoms with E-state index in [0.717, 1.165) is 22.0 Å². The van der Waals surface area contributed by atoms with Gasteiger partial charge < -0.3 is 9.73 Å². The molecule has 1 aromatic carbocycles. The van der Waals surface area contributed by atoms with Crippen molar-refractivity contribution in [3.8, 4) is 0 Å². The highest BCUT2D eigenvalue weighted by Gasteiger charge is 2.04. The number of rotatable bonds is 2. The van der Waals surface area contributed by atoms with Crippen LogP contribution in [0.5, 0.6) is 0 Å². The van der Waals surface area contributed by atoms with E-state index in [1.165, 1.54) is 5.56 Å². The molecule has 0 aliphatic carbocycles. The first kappa shape index (κ1) is 11.6. The van der Waals surface area contributed by atoms with Crippen molar-refractivity contribution in [2.75, 3.05) is 7.05 Å². The minimum atomic E-state index is 0. The Hall–Kier alpha value is -0.510. The Morgan fingerprint density at radius 2 is 2.21 bits per heavy atom. The van der Waals surface area contributed by atoms with E-state index >= 15 is 0 Å². The summed E-state index contributed by atoms with van der Waals surface area (Å²) in [5.74, 6) is 0. The molecule has 0 fully saturated rings. The summed E-state index contributed by atoms with van der Waals surface area (Å²) in [5.41, 5.74) is 2.15. The monoisotopic (exact) mass is 275 g/mol. The second kappa shape index (κ2) is 4.82. The average molecular weight is 277 g/mol. The Kier molecular flexibility index (Phi) is 3.98. The second-order valence-electron chi connectivity index (χ2n) is 2.93. The second-order valence-corrected chi connectivity index (χ2v) is 3.85. The highest BCUT2D eigenvalue weighted by molar-refractivity contribution is 9.10. The first-order valence-electron chi connectivity index (χ1n) is 4.11. The zero-order valence-electron chi connectivity index (χ0n) is 7.71. The van der Waals surface area contributed by atoms with Crippen molar-refractivity contribution in [3.63, 3.8) is 0 Å². The van der Waals surface area contributed by atoms with Crippen LogP contribution in [-0.4, -0.2) is 7.05 Å². The summed E-state index contributed by atoms with van der Waals surface area (Å²) < 4.78 is 6.49. The molecule has 1 N–H and O–H groups in total. The predicted molar refractivity (Wildman–Crippen MR) is 63.9 cm³/mol. The van der Waals surface area contributed by atoms with Gasteiger partial charge in [-0.15, -0.1) is 12.4 Å². The Bertz CT molecular complexity index is 427. The van der Waals surface area contributed by atoms with Crippen LogP contribution >= 0.6 is 28.3 Å². The number of fused-ring (bicyclic) bond motifs is 1. The SMILES string of the molecule is CNCc1cc(Br)cc2ccoc12.Cl. The van der Waals surface area contributed by atoms with Gasteiger partial charge in [-0.2, -0.15) is 0 Å². The number of benzene rings is 1. The van der Waals surface area contributed by atoms with E-state index < -0.39 is 0 Å². The van der Waals surface area contributed by atoms with Crippen LogP contribution in [0.4, 0.5) is 0 Å². The Labute approximate surface area is 97.2 Å². The fourth-order valence-electron chi connectivity index (χ4n) is 1.44. The summed E-state index contributed by atoms with van der Waals surface area (Å²) in [5, 5.41) is 4.25. The van der Waals surface area contributed by atoms with Crippen LogP contribution in [-0.2, 0) is 6.54 Å². The van der Waals surface area contributed by atoms with Crippen molar-refractivity contribution in [1.82, 2.24) is 5.32 Å². The maximum atomic E-state index is 5.40. The lowest BCUT2D eigenvalue weighted by molar-refractivity contribution is 0.608. The van der Waals surface area contributed by atoms with Crippen molar-refractivity contribution in [2.45, 2.75) is 6.54 Å². The molecule has 1 aromatic heterocycles. The van der Waals surface area contributed by atoms with Gasteiger partial charge >= 0.3 is 0 Å². The molecular formula is C10H11BrClNO. The minimum absolute atomic E-state index is 0. The molecule has 76 valence electrons. The van der Waals surface area contributed by atoms with E-state index in [4.69, 9.17) is 4.42 Å². The molecule has 0 spiro atoms. The van der Waals surface area contributed by atoms with Crippen LogP contribution in [0.2, 0.25) is 0 Å². The number of hydrogen-bond donors (Lipinski definition) is 1. The van der Waals surface area contributed by atoms with Crippen molar-refractivity contribution < 1.29 is 4.42 Å². The summed E-state index contributed by atoms with van der Waals surface area (Å²) in [6.07, 6.45) is 1.72. The Morgan fingerprint density at radius 3 is 2.93 bits per heavy atom. The molecule has 0 amide bonds. The molecule has 0 unspecified atom stereocenters. The molecule has 0 aliphatic heterocycles. The van der Waals surface area contributed by atoms with E-state index in [1.54, 1.807) is 6.26 Å². The molecule has 0 saturated carbocycles. The standard InChI is InChI=1S/C10H10BrNO.ClH/c1-12-6-8-5-9(11)4-7-2-3-13-10(7)8;/h2-5,12H,6H2,1H3;1H. The molecule has 0 radical (unpaired) electrons. The normalized spacial score (nSPS) is 10.1. The Morgan fingerprint density at radius 1 is 1.43 bits per heavy atom. The highest BCUT2D eigenvalue weighted by Crippen LogP contribution is 2.25. The first-order valence-corrected chi connectivity index (χ1v) is 4.91. The third kappa shape index (κ3) is 2.11. The van der Waals surface area contributed by atoms with Crippen molar-refractivity contribution >= 4 is 39.3 Å². The summed E-state index contributed by atoms with van der Waals surface area (Å²) in [7, 11) is 1.93. The molecule has 0 saturated heterocycles. The van der Waals surface area contributed by atoms with Gasteiger partial charge in [0.2, 0.25) is 0 Å². The zero-order valence-corrected chi connectivity index (χ0v) is 10.1. The van der Waals surface area contributed by atoms with Crippen LogP contribution < -0.4 is 5.32 Å². The highest BCUT2D eigenvalue weighted by atomic mass is 79.9. The van der Waals surface area contributed by atoms with E-state index in [-0.39, 0.29) is 12.4 Å². The first-order chi connectivity index (χ1) is 6.31. The molecule has 0 atom stereocenters. The molecule has 0 bridgehead atoms. The number of halogens is 2. The van der Waals surface area contributed by atoms with Gasteiger partial charge in [-0.1, -0.05) is 15.9 Å². The maximum absolute atomic E-state index is 5.40. The smallest absolute Gasteiger partial charge is 0.138 e. The summed E-state index contributed by atoms with van der Waals surface area (Å²) in [6, 6.07) is 6.10. The van der Waals surface area contributed by atoms with Gasteiger partial charge in [0.15, 0.2) is 0 Å². The van der Waals surface area contributed by atoms with E-state index in [9.17, 15) is 0 Å². The van der Waals surface area contributed by atoms with Gasteiger partial charge in [0, 0.05) is 22.0 Å². The third-order valence-electron chi connectivity index (χ3n) is 1.96. The number of hydrogen-bond acceptors (Lipinski definition) is 2. The van der Waals surface area contributed by atoms with Crippen LogP contribution in [0.3, 0.4) is 0 Å². The fraction of sp³-hybridized carbons (Fsp3) is 0.200. The number of nitrogens with one attached hydrogen (secondary N) is 1. The summed E-state index contributed by atoms with van der Waals surface area (Å²) in [6.45, 7) is 0.823. The lowest BCUT2D eigenvalue weighted by Crippen LogP contribution is -2.05. The van der Waals surface area contributed by atoms with Gasteiger partial charge in [0.25, 0.3) is 0 Å². The van der Waals surface area contributed by atoms with Crippen LogP contribution in [0, 0.1) is 0 Å². The molecule has 2 rings (SSSR count). The lowest BCUT2D eigenvalue weighted by atomic mass is 10.1. The predicted octanol–water partition coefficient (Wildman–Crippen LogP) is 3.34. The van der Waals surface area contributed by atoms with Crippen molar-refractivity contribution in [3.05, 3.63) is 34.5 Å². The minimum Gasteiger partial charge on any atom is -0.464 e. The van der Waals surface area contributed by atoms with Crippen LogP contribution in [0.1, 0.15) is 5.56 Å². The molecule has 1 heterocycles. The quantitative estimate of drug-likeness (QED) is 0.910. The van der Waals surface area contributed by atoms with Crippen molar-refractivity contribution in [2.24, 2.45) is 0 Å². The zero-order chi connectivity index (χ0) is 9.26. The average Bonchev–Trinajstić information content (AvgIpc) is 2.52. The topological polar surface area (TPSA) is 25.2 Å². The third-order valence-corrected chi connectivity index (χ3v) is 2.42. The van der Waals surface area contributed by atoms with Gasteiger partial charge in [-0.05, 0) is 25.2 Å². The largest absolute Gasteiger partial charge is 0.464 e. The molecule has 4 heteroatoms.